The summed E-state index contributed by atoms with van der Waals surface area (Å²) in [6.45, 7) is 5.58. The smallest absolute Gasteiger partial charge is 0.246 e. The van der Waals surface area contributed by atoms with Crippen molar-refractivity contribution in [2.75, 3.05) is 0 Å². The molecule has 3 atom stereocenters. The second kappa shape index (κ2) is 5.38. The standard InChI is InChI=1S/C14H19N3O2/c1-4-12-14(19)17(10(3)13(18)16-12)9(2)11-6-5-7-15-8-11/h5-10,12H,4H2,1-3H3,(H,16,18). The molecule has 0 bridgehead atoms. The zero-order valence-corrected chi connectivity index (χ0v) is 11.5. The van der Waals surface area contributed by atoms with Gasteiger partial charge in [0.15, 0.2) is 0 Å². The van der Waals surface area contributed by atoms with Gasteiger partial charge in [-0.05, 0) is 31.9 Å². The number of nitrogens with zero attached hydrogens (tertiary/aromatic N) is 2. The van der Waals surface area contributed by atoms with E-state index < -0.39 is 12.1 Å². The van der Waals surface area contributed by atoms with Crippen molar-refractivity contribution in [1.82, 2.24) is 15.2 Å². The molecule has 0 spiro atoms. The number of pyridine rings is 1. The van der Waals surface area contributed by atoms with Crippen molar-refractivity contribution >= 4 is 11.8 Å². The number of hydrogen-bond donors (Lipinski definition) is 1. The van der Waals surface area contributed by atoms with Gasteiger partial charge in [0.2, 0.25) is 11.8 Å². The lowest BCUT2D eigenvalue weighted by Crippen LogP contribution is -2.62. The molecule has 1 N–H and O–H groups in total. The van der Waals surface area contributed by atoms with Gasteiger partial charge in [0.25, 0.3) is 0 Å². The average Bonchev–Trinajstić information content (AvgIpc) is 2.44. The summed E-state index contributed by atoms with van der Waals surface area (Å²) in [5.74, 6) is -0.117. The fraction of sp³-hybridized carbons (Fsp3) is 0.500. The fourth-order valence-electron chi connectivity index (χ4n) is 2.44. The van der Waals surface area contributed by atoms with E-state index in [1.54, 1.807) is 24.2 Å². The molecule has 1 saturated heterocycles. The van der Waals surface area contributed by atoms with Crippen LogP contribution >= 0.6 is 0 Å². The van der Waals surface area contributed by atoms with E-state index in [4.69, 9.17) is 0 Å². The molecule has 2 rings (SSSR count). The average molecular weight is 261 g/mol. The molecule has 19 heavy (non-hydrogen) atoms. The molecule has 0 radical (unpaired) electrons. The number of carbonyl (C=O) groups is 2. The zero-order chi connectivity index (χ0) is 14.0. The molecule has 5 nitrogen and oxygen atoms in total. The van der Waals surface area contributed by atoms with Gasteiger partial charge in [-0.3, -0.25) is 14.6 Å². The third-order valence-corrected chi connectivity index (χ3v) is 3.66. The summed E-state index contributed by atoms with van der Waals surface area (Å²) in [7, 11) is 0. The van der Waals surface area contributed by atoms with Crippen molar-refractivity contribution in [3.05, 3.63) is 30.1 Å². The van der Waals surface area contributed by atoms with E-state index in [-0.39, 0.29) is 17.9 Å². The van der Waals surface area contributed by atoms with Gasteiger partial charge in [-0.15, -0.1) is 0 Å². The summed E-state index contributed by atoms with van der Waals surface area (Å²) in [5.41, 5.74) is 0.937. The number of aromatic nitrogens is 1. The van der Waals surface area contributed by atoms with Crippen molar-refractivity contribution in [3.8, 4) is 0 Å². The minimum atomic E-state index is -0.453. The molecule has 5 heteroatoms. The maximum Gasteiger partial charge on any atom is 0.246 e. The molecule has 1 aliphatic rings. The van der Waals surface area contributed by atoms with Gasteiger partial charge in [-0.2, -0.15) is 0 Å². The number of hydrogen-bond acceptors (Lipinski definition) is 3. The first-order valence-corrected chi connectivity index (χ1v) is 6.58. The molecular weight excluding hydrogens is 242 g/mol. The van der Waals surface area contributed by atoms with Gasteiger partial charge in [-0.25, -0.2) is 0 Å². The van der Waals surface area contributed by atoms with E-state index in [2.05, 4.69) is 10.3 Å². The first kappa shape index (κ1) is 13.5. The van der Waals surface area contributed by atoms with E-state index in [1.165, 1.54) is 0 Å². The molecule has 102 valence electrons. The lowest BCUT2D eigenvalue weighted by atomic mass is 10.0. The zero-order valence-electron chi connectivity index (χ0n) is 11.5. The van der Waals surface area contributed by atoms with Crippen LogP contribution < -0.4 is 5.32 Å². The number of nitrogens with one attached hydrogen (secondary N) is 1. The van der Waals surface area contributed by atoms with Crippen LogP contribution in [0.1, 0.15) is 38.8 Å². The molecule has 1 aliphatic heterocycles. The minimum absolute atomic E-state index is 0.0223. The van der Waals surface area contributed by atoms with Crippen LogP contribution in [0.5, 0.6) is 0 Å². The molecule has 1 aromatic heterocycles. The highest BCUT2D eigenvalue weighted by molar-refractivity contribution is 5.96. The second-order valence-corrected chi connectivity index (χ2v) is 4.85. The van der Waals surface area contributed by atoms with Crippen molar-refractivity contribution < 1.29 is 9.59 Å². The Balaban J connectivity index is 2.30. The lowest BCUT2D eigenvalue weighted by Gasteiger charge is -2.40. The van der Waals surface area contributed by atoms with Crippen LogP contribution in [0, 0.1) is 0 Å². The lowest BCUT2D eigenvalue weighted by molar-refractivity contribution is -0.151. The minimum Gasteiger partial charge on any atom is -0.343 e. The van der Waals surface area contributed by atoms with Crippen molar-refractivity contribution in [1.29, 1.82) is 0 Å². The predicted molar refractivity (Wildman–Crippen MR) is 71.2 cm³/mol. The van der Waals surface area contributed by atoms with Crippen LogP contribution in [-0.4, -0.2) is 33.8 Å². The van der Waals surface area contributed by atoms with Gasteiger partial charge < -0.3 is 10.2 Å². The van der Waals surface area contributed by atoms with Gasteiger partial charge in [0.1, 0.15) is 12.1 Å². The van der Waals surface area contributed by atoms with Crippen LogP contribution in [0.15, 0.2) is 24.5 Å². The maximum atomic E-state index is 12.4. The Morgan fingerprint density at radius 3 is 2.79 bits per heavy atom. The Bertz CT molecular complexity index is 475. The molecule has 3 unspecified atom stereocenters. The third kappa shape index (κ3) is 2.45. The third-order valence-electron chi connectivity index (χ3n) is 3.66. The van der Waals surface area contributed by atoms with E-state index in [9.17, 15) is 9.59 Å². The molecular formula is C14H19N3O2. The van der Waals surface area contributed by atoms with Crippen LogP contribution in [0.3, 0.4) is 0 Å². The highest BCUT2D eigenvalue weighted by Gasteiger charge is 2.39. The Morgan fingerprint density at radius 2 is 2.21 bits per heavy atom. The highest BCUT2D eigenvalue weighted by Crippen LogP contribution is 2.25. The fourth-order valence-corrected chi connectivity index (χ4v) is 2.44. The van der Waals surface area contributed by atoms with Crippen LogP contribution in [0.2, 0.25) is 0 Å². The summed E-state index contributed by atoms with van der Waals surface area (Å²) in [4.78, 5) is 30.1. The monoisotopic (exact) mass is 261 g/mol. The van der Waals surface area contributed by atoms with Gasteiger partial charge in [0.05, 0.1) is 6.04 Å². The number of rotatable bonds is 3. The van der Waals surface area contributed by atoms with Crippen LogP contribution in [-0.2, 0) is 9.59 Å². The summed E-state index contributed by atoms with van der Waals surface area (Å²) >= 11 is 0. The summed E-state index contributed by atoms with van der Waals surface area (Å²) < 4.78 is 0. The first-order valence-electron chi connectivity index (χ1n) is 6.58. The summed E-state index contributed by atoms with van der Waals surface area (Å²) in [6.07, 6.45) is 4.03. The Kier molecular flexibility index (Phi) is 3.83. The molecule has 0 aromatic carbocycles. The molecule has 2 amide bonds. The Morgan fingerprint density at radius 1 is 1.47 bits per heavy atom. The van der Waals surface area contributed by atoms with E-state index >= 15 is 0 Å². The molecule has 1 aromatic rings. The SMILES string of the molecule is CCC1NC(=O)C(C)N(C(C)c2cccnc2)C1=O. The van der Waals surface area contributed by atoms with Crippen molar-refractivity contribution in [2.24, 2.45) is 0 Å². The van der Waals surface area contributed by atoms with Crippen molar-refractivity contribution in [3.63, 3.8) is 0 Å². The van der Waals surface area contributed by atoms with Gasteiger partial charge >= 0.3 is 0 Å². The predicted octanol–water partition coefficient (Wildman–Crippen LogP) is 1.27. The Hall–Kier alpha value is -1.91. The van der Waals surface area contributed by atoms with Gasteiger partial charge in [-0.1, -0.05) is 13.0 Å². The van der Waals surface area contributed by atoms with Crippen LogP contribution in [0.25, 0.3) is 0 Å². The number of amides is 2. The molecule has 0 saturated carbocycles. The second-order valence-electron chi connectivity index (χ2n) is 4.85. The molecule has 0 aliphatic carbocycles. The molecule has 1 fully saturated rings. The van der Waals surface area contributed by atoms with Crippen molar-refractivity contribution in [2.45, 2.75) is 45.3 Å². The number of piperazine rings is 1. The van der Waals surface area contributed by atoms with Crippen LogP contribution in [0.4, 0.5) is 0 Å². The first-order chi connectivity index (χ1) is 9.06. The number of carbonyl (C=O) groups excluding carboxylic acids is 2. The molecule has 2 heterocycles. The van der Waals surface area contributed by atoms with E-state index in [1.807, 2.05) is 26.0 Å². The quantitative estimate of drug-likeness (QED) is 0.891. The van der Waals surface area contributed by atoms with E-state index in [0.29, 0.717) is 6.42 Å². The Labute approximate surface area is 113 Å². The summed E-state index contributed by atoms with van der Waals surface area (Å²) in [5, 5.41) is 2.76. The maximum absolute atomic E-state index is 12.4. The largest absolute Gasteiger partial charge is 0.343 e. The van der Waals surface area contributed by atoms with E-state index in [0.717, 1.165) is 5.56 Å². The topological polar surface area (TPSA) is 62.3 Å². The summed E-state index contributed by atoms with van der Waals surface area (Å²) in [6, 6.07) is 2.73. The normalized spacial score (nSPS) is 25.1. The highest BCUT2D eigenvalue weighted by atomic mass is 16.2. The van der Waals surface area contributed by atoms with Gasteiger partial charge in [0, 0.05) is 12.4 Å².